The second-order valence-corrected chi connectivity index (χ2v) is 8.15. The van der Waals surface area contributed by atoms with Crippen molar-refractivity contribution in [1.82, 2.24) is 5.32 Å². The Morgan fingerprint density at radius 3 is 2.81 bits per heavy atom. The van der Waals surface area contributed by atoms with Gasteiger partial charge in [0.1, 0.15) is 0 Å². The molecule has 3 N–H and O–H groups in total. The second kappa shape index (κ2) is 6.92. The van der Waals surface area contributed by atoms with Crippen molar-refractivity contribution in [2.45, 2.75) is 64.0 Å². The van der Waals surface area contributed by atoms with Gasteiger partial charge >= 0.3 is 0 Å². The molecule has 1 saturated carbocycles. The first kappa shape index (κ1) is 17.4. The number of nitrogens with two attached hydrogens (primary N) is 1. The maximum Gasteiger partial charge on any atom is 0.0928 e. The predicted molar refractivity (Wildman–Crippen MR) is 111 cm³/mol. The summed E-state index contributed by atoms with van der Waals surface area (Å²) < 4.78 is 0. The third-order valence-electron chi connectivity index (χ3n) is 6.46. The third-order valence-corrected chi connectivity index (χ3v) is 6.46. The zero-order valence-electron chi connectivity index (χ0n) is 16.0. The largest absolute Gasteiger partial charge is 0.372 e. The van der Waals surface area contributed by atoms with Crippen LogP contribution in [-0.4, -0.2) is 6.17 Å². The number of benzene rings is 1. The molecular formula is C24H30N2. The molecule has 0 amide bonds. The smallest absolute Gasteiger partial charge is 0.0928 e. The summed E-state index contributed by atoms with van der Waals surface area (Å²) in [7, 11) is 0. The molecule has 0 saturated heterocycles. The number of allylic oxidation sites excluding steroid dienone is 5. The highest BCUT2D eigenvalue weighted by Crippen LogP contribution is 2.49. The van der Waals surface area contributed by atoms with Gasteiger partial charge in [-0.2, -0.15) is 0 Å². The fraction of sp³-hybridized carbons (Fsp3) is 0.417. The number of fused-ring (bicyclic) bond motifs is 4. The van der Waals surface area contributed by atoms with Crippen LogP contribution in [0, 0.1) is 0 Å². The monoisotopic (exact) mass is 346 g/mol. The zero-order chi connectivity index (χ0) is 18.3. The van der Waals surface area contributed by atoms with Crippen molar-refractivity contribution in [3.8, 4) is 0 Å². The van der Waals surface area contributed by atoms with Crippen molar-refractivity contribution in [2.75, 3.05) is 0 Å². The summed E-state index contributed by atoms with van der Waals surface area (Å²) in [5.74, 6) is 1.31. The van der Waals surface area contributed by atoms with E-state index >= 15 is 0 Å². The normalized spacial score (nSPS) is 23.3. The summed E-state index contributed by atoms with van der Waals surface area (Å²) in [6, 6.07) is 4.76. The molecule has 1 fully saturated rings. The summed E-state index contributed by atoms with van der Waals surface area (Å²) in [6.45, 7) is 8.23. The van der Waals surface area contributed by atoms with Gasteiger partial charge in [0.15, 0.2) is 0 Å². The van der Waals surface area contributed by atoms with Gasteiger partial charge in [-0.3, -0.25) is 0 Å². The molecule has 2 atom stereocenters. The average molecular weight is 347 g/mol. The molecule has 0 aromatic heterocycles. The van der Waals surface area contributed by atoms with E-state index in [1.165, 1.54) is 42.4 Å². The predicted octanol–water partition coefficient (Wildman–Crippen LogP) is 5.29. The van der Waals surface area contributed by atoms with Crippen LogP contribution in [0.1, 0.15) is 73.6 Å². The van der Waals surface area contributed by atoms with Crippen LogP contribution >= 0.6 is 0 Å². The topological polar surface area (TPSA) is 38.0 Å². The SMILES string of the molecule is C=CC(N)N/C=C(\C)c1ccc(C2CCC2)c2c1C1CC(=CC=C1C)C2. The first-order valence-corrected chi connectivity index (χ1v) is 9.91. The zero-order valence-corrected chi connectivity index (χ0v) is 16.0. The van der Waals surface area contributed by atoms with Crippen LogP contribution in [0.15, 0.2) is 54.3 Å². The summed E-state index contributed by atoms with van der Waals surface area (Å²) >= 11 is 0. The molecule has 2 bridgehead atoms. The molecule has 0 radical (unpaired) electrons. The van der Waals surface area contributed by atoms with E-state index < -0.39 is 0 Å². The Balaban J connectivity index is 1.81. The minimum Gasteiger partial charge on any atom is -0.372 e. The van der Waals surface area contributed by atoms with E-state index in [1.807, 2.05) is 0 Å². The van der Waals surface area contributed by atoms with Gasteiger partial charge in [-0.1, -0.05) is 54.5 Å². The Kier molecular flexibility index (Phi) is 4.62. The second-order valence-electron chi connectivity index (χ2n) is 8.15. The Labute approximate surface area is 157 Å². The van der Waals surface area contributed by atoms with Crippen LogP contribution in [0.5, 0.6) is 0 Å². The maximum absolute atomic E-state index is 5.94. The maximum atomic E-state index is 5.94. The minimum absolute atomic E-state index is 0.208. The number of hydrogen-bond donors (Lipinski definition) is 2. The summed E-state index contributed by atoms with van der Waals surface area (Å²) in [5.41, 5.74) is 16.5. The van der Waals surface area contributed by atoms with Crippen LogP contribution in [0.3, 0.4) is 0 Å². The van der Waals surface area contributed by atoms with Gasteiger partial charge in [-0.05, 0) is 73.3 Å². The summed E-state index contributed by atoms with van der Waals surface area (Å²) in [5, 5.41) is 3.24. The molecule has 4 rings (SSSR count). The highest BCUT2D eigenvalue weighted by molar-refractivity contribution is 5.71. The number of hydrogen-bond acceptors (Lipinski definition) is 2. The lowest BCUT2D eigenvalue weighted by Gasteiger charge is -2.37. The third kappa shape index (κ3) is 2.97. The lowest BCUT2D eigenvalue weighted by Crippen LogP contribution is -2.31. The van der Waals surface area contributed by atoms with E-state index in [0.717, 1.165) is 12.3 Å². The summed E-state index contributed by atoms with van der Waals surface area (Å²) in [4.78, 5) is 0. The molecule has 2 heteroatoms. The Hall–Kier alpha value is -2.06. The average Bonchev–Trinajstić information content (AvgIpc) is 2.61. The molecule has 1 aromatic carbocycles. The van der Waals surface area contributed by atoms with E-state index in [-0.39, 0.29) is 6.17 Å². The molecule has 0 heterocycles. The molecule has 136 valence electrons. The molecule has 2 unspecified atom stereocenters. The van der Waals surface area contributed by atoms with Crippen LogP contribution in [0.4, 0.5) is 0 Å². The lowest BCUT2D eigenvalue weighted by molar-refractivity contribution is 0.416. The van der Waals surface area contributed by atoms with E-state index in [4.69, 9.17) is 5.73 Å². The van der Waals surface area contributed by atoms with Crippen LogP contribution in [0.25, 0.3) is 5.57 Å². The standard InChI is InChI=1S/C24H30N2/c1-4-23(25)26-14-16(3)19-10-11-20(18-6-5-7-18)22-13-17-9-8-15(2)21(12-17)24(19)22/h4,8-11,14,18,21,23,26H,1,5-7,12-13,25H2,2-3H3/b16-14+. The van der Waals surface area contributed by atoms with Crippen molar-refractivity contribution in [2.24, 2.45) is 5.73 Å². The van der Waals surface area contributed by atoms with Gasteiger partial charge in [-0.15, -0.1) is 0 Å². The Morgan fingerprint density at radius 1 is 1.31 bits per heavy atom. The molecule has 2 nitrogen and oxygen atoms in total. The molecule has 0 spiro atoms. The van der Waals surface area contributed by atoms with E-state index in [9.17, 15) is 0 Å². The molecule has 3 aliphatic rings. The highest BCUT2D eigenvalue weighted by Gasteiger charge is 2.33. The van der Waals surface area contributed by atoms with E-state index in [2.05, 4.69) is 56.2 Å². The molecule has 26 heavy (non-hydrogen) atoms. The van der Waals surface area contributed by atoms with Gasteiger partial charge in [-0.25, -0.2) is 0 Å². The fourth-order valence-electron chi connectivity index (χ4n) is 4.63. The van der Waals surface area contributed by atoms with Crippen molar-refractivity contribution in [3.63, 3.8) is 0 Å². The van der Waals surface area contributed by atoms with Crippen molar-refractivity contribution in [3.05, 3.63) is 76.5 Å². The fourth-order valence-corrected chi connectivity index (χ4v) is 4.63. The summed E-state index contributed by atoms with van der Waals surface area (Å²) in [6.07, 6.45) is 14.7. The lowest BCUT2D eigenvalue weighted by atomic mass is 9.67. The van der Waals surface area contributed by atoms with E-state index in [1.54, 1.807) is 28.3 Å². The van der Waals surface area contributed by atoms with Gasteiger partial charge in [0.2, 0.25) is 0 Å². The minimum atomic E-state index is -0.208. The van der Waals surface area contributed by atoms with Crippen LogP contribution in [-0.2, 0) is 6.42 Å². The van der Waals surface area contributed by atoms with Gasteiger partial charge in [0.25, 0.3) is 0 Å². The van der Waals surface area contributed by atoms with Crippen molar-refractivity contribution >= 4 is 5.57 Å². The van der Waals surface area contributed by atoms with Crippen LogP contribution < -0.4 is 11.1 Å². The van der Waals surface area contributed by atoms with Gasteiger partial charge in [0, 0.05) is 12.1 Å². The molecule has 0 aliphatic heterocycles. The number of nitrogens with one attached hydrogen (secondary N) is 1. The first-order chi connectivity index (χ1) is 12.6. The van der Waals surface area contributed by atoms with Crippen LogP contribution in [0.2, 0.25) is 0 Å². The number of rotatable bonds is 5. The first-order valence-electron chi connectivity index (χ1n) is 9.91. The Morgan fingerprint density at radius 2 is 2.12 bits per heavy atom. The van der Waals surface area contributed by atoms with Gasteiger partial charge in [0.05, 0.1) is 6.17 Å². The molecule has 1 aromatic rings. The Bertz CT molecular complexity index is 821. The highest BCUT2D eigenvalue weighted by atomic mass is 15.0. The quantitative estimate of drug-likeness (QED) is 0.561. The van der Waals surface area contributed by atoms with Gasteiger partial charge < -0.3 is 11.1 Å². The molecule has 3 aliphatic carbocycles. The van der Waals surface area contributed by atoms with Crippen molar-refractivity contribution < 1.29 is 0 Å². The van der Waals surface area contributed by atoms with E-state index in [0.29, 0.717) is 5.92 Å². The van der Waals surface area contributed by atoms with Crippen molar-refractivity contribution in [1.29, 1.82) is 0 Å². The molecular weight excluding hydrogens is 316 g/mol.